The quantitative estimate of drug-likeness (QED) is 0.399. The third-order valence-corrected chi connectivity index (χ3v) is 6.45. The van der Waals surface area contributed by atoms with Crippen LogP contribution in [0.2, 0.25) is 0 Å². The summed E-state index contributed by atoms with van der Waals surface area (Å²) in [6.07, 6.45) is -3.36. The molecule has 0 spiro atoms. The molecule has 33 heavy (non-hydrogen) atoms. The number of benzene rings is 2. The van der Waals surface area contributed by atoms with Crippen molar-refractivity contribution >= 4 is 33.1 Å². The van der Waals surface area contributed by atoms with E-state index in [-0.39, 0.29) is 5.69 Å². The minimum absolute atomic E-state index is 0.365. The molecule has 9 heteroatoms. The molecule has 1 N–H and O–H groups in total. The van der Waals surface area contributed by atoms with E-state index in [4.69, 9.17) is 0 Å². The molecule has 2 heterocycles. The standard InChI is InChI=1S/C24H20F3N3O2S/c1-13-8-10-16(11-9-13)19-15(3)33-22-20(19)23(32)30(12-28-22)14(2)21(31)29-18-7-5-4-6-17(18)24(25,26)27/h4-12,14H,1-3H3,(H,29,31). The van der Waals surface area contributed by atoms with Crippen LogP contribution in [-0.2, 0) is 11.0 Å². The number of carbonyl (C=O) groups excluding carboxylic acids is 1. The van der Waals surface area contributed by atoms with Gasteiger partial charge in [0.25, 0.3) is 5.56 Å². The number of fused-ring (bicyclic) bond motifs is 1. The Labute approximate surface area is 191 Å². The maximum absolute atomic E-state index is 13.4. The van der Waals surface area contributed by atoms with Crippen molar-refractivity contribution in [3.63, 3.8) is 0 Å². The highest BCUT2D eigenvalue weighted by molar-refractivity contribution is 7.19. The van der Waals surface area contributed by atoms with Crippen LogP contribution < -0.4 is 10.9 Å². The van der Waals surface area contributed by atoms with E-state index in [1.54, 1.807) is 0 Å². The number of halogens is 3. The Morgan fingerprint density at radius 3 is 2.42 bits per heavy atom. The molecule has 0 bridgehead atoms. The summed E-state index contributed by atoms with van der Waals surface area (Å²) in [5.41, 5.74) is 0.939. The van der Waals surface area contributed by atoms with Gasteiger partial charge in [-0.25, -0.2) is 4.98 Å². The fraction of sp³-hybridized carbons (Fsp3) is 0.208. The molecule has 1 unspecified atom stereocenters. The Kier molecular flexibility index (Phi) is 5.84. The lowest BCUT2D eigenvalue weighted by Gasteiger charge is -2.18. The summed E-state index contributed by atoms with van der Waals surface area (Å²) in [5.74, 6) is -0.751. The van der Waals surface area contributed by atoms with Gasteiger partial charge in [-0.2, -0.15) is 13.2 Å². The first-order valence-corrected chi connectivity index (χ1v) is 10.9. The van der Waals surface area contributed by atoms with Crippen LogP contribution in [0.25, 0.3) is 21.3 Å². The topological polar surface area (TPSA) is 64.0 Å². The van der Waals surface area contributed by atoms with Crippen LogP contribution in [0.4, 0.5) is 18.9 Å². The van der Waals surface area contributed by atoms with Crippen molar-refractivity contribution in [3.05, 3.63) is 81.2 Å². The van der Waals surface area contributed by atoms with Crippen molar-refractivity contribution in [1.29, 1.82) is 0 Å². The summed E-state index contributed by atoms with van der Waals surface area (Å²) in [4.78, 5) is 32.0. The summed E-state index contributed by atoms with van der Waals surface area (Å²) < 4.78 is 41.0. The molecule has 0 aliphatic heterocycles. The Bertz CT molecular complexity index is 1410. The smallest absolute Gasteiger partial charge is 0.324 e. The lowest BCUT2D eigenvalue weighted by molar-refractivity contribution is -0.137. The molecule has 0 fully saturated rings. The number of nitrogens with zero attached hydrogens (tertiary/aromatic N) is 2. The number of hydrogen-bond acceptors (Lipinski definition) is 4. The highest BCUT2D eigenvalue weighted by atomic mass is 32.1. The second-order valence-electron chi connectivity index (χ2n) is 7.74. The number of amides is 1. The molecule has 2 aromatic heterocycles. The summed E-state index contributed by atoms with van der Waals surface area (Å²) in [6, 6.07) is 11.4. The molecular formula is C24H20F3N3O2S. The largest absolute Gasteiger partial charge is 0.418 e. The lowest BCUT2D eigenvalue weighted by atomic mass is 10.0. The number of anilines is 1. The average molecular weight is 472 g/mol. The van der Waals surface area contributed by atoms with Crippen molar-refractivity contribution in [2.75, 3.05) is 5.32 Å². The number of carbonyl (C=O) groups is 1. The maximum atomic E-state index is 13.4. The van der Waals surface area contributed by atoms with Gasteiger partial charge >= 0.3 is 6.18 Å². The Balaban J connectivity index is 1.74. The summed E-state index contributed by atoms with van der Waals surface area (Å²) >= 11 is 1.38. The van der Waals surface area contributed by atoms with Crippen LogP contribution >= 0.6 is 11.3 Å². The first-order valence-electron chi connectivity index (χ1n) is 10.1. The second kappa shape index (κ2) is 8.47. The minimum atomic E-state index is -4.62. The Hall–Kier alpha value is -3.46. The first-order chi connectivity index (χ1) is 15.6. The van der Waals surface area contributed by atoms with Crippen LogP contribution in [0.3, 0.4) is 0 Å². The van der Waals surface area contributed by atoms with Gasteiger partial charge in [0, 0.05) is 10.4 Å². The highest BCUT2D eigenvalue weighted by Crippen LogP contribution is 2.36. The van der Waals surface area contributed by atoms with E-state index < -0.39 is 29.2 Å². The van der Waals surface area contributed by atoms with Gasteiger partial charge in [-0.15, -0.1) is 11.3 Å². The van der Waals surface area contributed by atoms with Crippen molar-refractivity contribution in [2.24, 2.45) is 0 Å². The van der Waals surface area contributed by atoms with Crippen LogP contribution in [0.1, 0.15) is 29.0 Å². The summed E-state index contributed by atoms with van der Waals surface area (Å²) in [5, 5.41) is 2.69. The zero-order chi connectivity index (χ0) is 23.9. The van der Waals surface area contributed by atoms with E-state index in [1.807, 2.05) is 38.1 Å². The van der Waals surface area contributed by atoms with Crippen molar-refractivity contribution in [1.82, 2.24) is 9.55 Å². The molecule has 0 saturated heterocycles. The van der Waals surface area contributed by atoms with Crippen molar-refractivity contribution in [3.8, 4) is 11.1 Å². The third kappa shape index (κ3) is 4.28. The van der Waals surface area contributed by atoms with Crippen molar-refractivity contribution < 1.29 is 18.0 Å². The number of thiophene rings is 1. The predicted octanol–water partition coefficient (Wildman–Crippen LogP) is 5.96. The van der Waals surface area contributed by atoms with Gasteiger partial charge in [0.05, 0.1) is 23.0 Å². The van der Waals surface area contributed by atoms with Gasteiger partial charge in [-0.05, 0) is 38.5 Å². The van der Waals surface area contributed by atoms with Crippen LogP contribution in [-0.4, -0.2) is 15.5 Å². The second-order valence-corrected chi connectivity index (χ2v) is 8.95. The molecule has 1 amide bonds. The molecule has 0 radical (unpaired) electrons. The minimum Gasteiger partial charge on any atom is -0.324 e. The van der Waals surface area contributed by atoms with Crippen LogP contribution in [0, 0.1) is 13.8 Å². The first kappa shape index (κ1) is 22.7. The predicted molar refractivity (Wildman–Crippen MR) is 124 cm³/mol. The van der Waals surface area contributed by atoms with E-state index in [0.29, 0.717) is 10.2 Å². The third-order valence-electron chi connectivity index (χ3n) is 5.44. The van der Waals surface area contributed by atoms with E-state index in [0.717, 1.165) is 32.2 Å². The van der Waals surface area contributed by atoms with Gasteiger partial charge in [0.2, 0.25) is 5.91 Å². The van der Waals surface area contributed by atoms with Crippen LogP contribution in [0.5, 0.6) is 0 Å². The van der Waals surface area contributed by atoms with Gasteiger partial charge in [-0.3, -0.25) is 14.2 Å². The van der Waals surface area contributed by atoms with Crippen molar-refractivity contribution in [2.45, 2.75) is 33.0 Å². The monoisotopic (exact) mass is 471 g/mol. The molecule has 5 nitrogen and oxygen atoms in total. The molecule has 4 rings (SSSR count). The molecular weight excluding hydrogens is 451 g/mol. The fourth-order valence-electron chi connectivity index (χ4n) is 3.66. The zero-order valence-corrected chi connectivity index (χ0v) is 18.8. The van der Waals surface area contributed by atoms with Crippen LogP contribution in [0.15, 0.2) is 59.7 Å². The van der Waals surface area contributed by atoms with E-state index in [9.17, 15) is 22.8 Å². The molecule has 4 aromatic rings. The number of alkyl halides is 3. The number of rotatable bonds is 4. The number of aryl methyl sites for hydroxylation is 2. The van der Waals surface area contributed by atoms with E-state index in [2.05, 4.69) is 10.3 Å². The normalized spacial score (nSPS) is 12.7. The fourth-order valence-corrected chi connectivity index (χ4v) is 4.67. The number of aromatic nitrogens is 2. The molecule has 0 saturated carbocycles. The summed E-state index contributed by atoms with van der Waals surface area (Å²) in [6.45, 7) is 5.31. The molecule has 0 aliphatic carbocycles. The average Bonchev–Trinajstić information content (AvgIpc) is 3.10. The number of hydrogen-bond donors (Lipinski definition) is 1. The van der Waals surface area contributed by atoms with Gasteiger partial charge in [0.1, 0.15) is 10.9 Å². The molecule has 0 aliphatic rings. The van der Waals surface area contributed by atoms with Gasteiger partial charge in [0.15, 0.2) is 0 Å². The molecule has 170 valence electrons. The SMILES string of the molecule is Cc1ccc(-c2c(C)sc3ncn(C(C)C(=O)Nc4ccccc4C(F)(F)F)c(=O)c23)cc1. The molecule has 2 aromatic carbocycles. The Morgan fingerprint density at radius 2 is 1.76 bits per heavy atom. The van der Waals surface area contributed by atoms with Gasteiger partial charge in [-0.1, -0.05) is 42.0 Å². The Morgan fingerprint density at radius 1 is 1.09 bits per heavy atom. The number of para-hydroxylation sites is 1. The maximum Gasteiger partial charge on any atom is 0.418 e. The zero-order valence-electron chi connectivity index (χ0n) is 18.0. The molecule has 1 atom stereocenters. The lowest BCUT2D eigenvalue weighted by Crippen LogP contribution is -2.32. The van der Waals surface area contributed by atoms with E-state index in [1.165, 1.54) is 42.8 Å². The van der Waals surface area contributed by atoms with Gasteiger partial charge < -0.3 is 5.32 Å². The van der Waals surface area contributed by atoms with E-state index >= 15 is 0 Å². The number of nitrogens with one attached hydrogen (secondary N) is 1. The summed E-state index contributed by atoms with van der Waals surface area (Å²) in [7, 11) is 0. The highest BCUT2D eigenvalue weighted by Gasteiger charge is 2.34.